The third-order valence-electron chi connectivity index (χ3n) is 4.51. The predicted octanol–water partition coefficient (Wildman–Crippen LogP) is 4.86. The van der Waals surface area contributed by atoms with E-state index in [4.69, 9.17) is 23.2 Å². The SMILES string of the molecule is Cc1ccc(S(=O)(=O)n2cc(-c3nc(Cl)ncc3Cl)c3ccc([N+](=O)[O-])cc32)cc1. The average molecular weight is 463 g/mol. The van der Waals surface area contributed by atoms with Crippen molar-refractivity contribution in [3.8, 4) is 11.3 Å². The quantitative estimate of drug-likeness (QED) is 0.243. The molecular formula is C19H12Cl2N4O4S. The Balaban J connectivity index is 2.06. The Labute approximate surface area is 180 Å². The predicted molar refractivity (Wildman–Crippen MR) is 113 cm³/mol. The van der Waals surface area contributed by atoms with Crippen LogP contribution in [0.4, 0.5) is 5.69 Å². The lowest BCUT2D eigenvalue weighted by atomic mass is 10.1. The highest BCUT2D eigenvalue weighted by molar-refractivity contribution is 7.90. The molecule has 8 nitrogen and oxygen atoms in total. The van der Waals surface area contributed by atoms with E-state index in [-0.39, 0.29) is 32.1 Å². The minimum absolute atomic E-state index is 0.0369. The topological polar surface area (TPSA) is 108 Å². The summed E-state index contributed by atoms with van der Waals surface area (Å²) in [6.07, 6.45) is 2.63. The Morgan fingerprint density at radius 1 is 1.10 bits per heavy atom. The van der Waals surface area contributed by atoms with Crippen molar-refractivity contribution >= 4 is 49.8 Å². The molecule has 0 unspecified atom stereocenters. The zero-order valence-electron chi connectivity index (χ0n) is 15.3. The summed E-state index contributed by atoms with van der Waals surface area (Å²) in [5.41, 5.74) is 1.33. The fourth-order valence-electron chi connectivity index (χ4n) is 3.05. The molecule has 0 saturated heterocycles. The van der Waals surface area contributed by atoms with Crippen LogP contribution in [0, 0.1) is 17.0 Å². The lowest BCUT2D eigenvalue weighted by molar-refractivity contribution is -0.384. The molecule has 0 fully saturated rings. The first kappa shape index (κ1) is 20.3. The minimum Gasteiger partial charge on any atom is -0.258 e. The maximum absolute atomic E-state index is 13.3. The molecule has 2 aromatic carbocycles. The van der Waals surface area contributed by atoms with Gasteiger partial charge in [0, 0.05) is 29.3 Å². The van der Waals surface area contributed by atoms with Gasteiger partial charge in [0.25, 0.3) is 15.7 Å². The molecule has 4 rings (SSSR count). The summed E-state index contributed by atoms with van der Waals surface area (Å²) < 4.78 is 27.7. The van der Waals surface area contributed by atoms with Crippen LogP contribution in [0.5, 0.6) is 0 Å². The van der Waals surface area contributed by atoms with E-state index in [0.29, 0.717) is 10.9 Å². The first-order chi connectivity index (χ1) is 14.2. The van der Waals surface area contributed by atoms with Gasteiger partial charge in [0.2, 0.25) is 5.28 Å². The molecule has 0 amide bonds. The van der Waals surface area contributed by atoms with Crippen LogP contribution in [0.3, 0.4) is 0 Å². The summed E-state index contributed by atoms with van der Waals surface area (Å²) in [4.78, 5) is 18.6. The molecule has 0 saturated carbocycles. The van der Waals surface area contributed by atoms with Gasteiger partial charge in [0.05, 0.1) is 32.2 Å². The fourth-order valence-corrected chi connectivity index (χ4v) is 4.73. The van der Waals surface area contributed by atoms with Crippen LogP contribution in [0.2, 0.25) is 10.3 Å². The van der Waals surface area contributed by atoms with Crippen molar-refractivity contribution in [3.05, 3.63) is 80.8 Å². The van der Waals surface area contributed by atoms with Crippen molar-refractivity contribution < 1.29 is 13.3 Å². The Morgan fingerprint density at radius 2 is 1.80 bits per heavy atom. The monoisotopic (exact) mass is 462 g/mol. The number of non-ortho nitro benzene ring substituents is 1. The standard InChI is InChI=1S/C19H12Cl2N4O4S/c1-11-2-5-13(6-3-11)30(28,29)24-10-15(18-16(20)9-22-19(21)23-18)14-7-4-12(25(26)27)8-17(14)24/h2-10H,1H3. The van der Waals surface area contributed by atoms with Crippen molar-refractivity contribution in [3.63, 3.8) is 0 Å². The van der Waals surface area contributed by atoms with E-state index in [1.54, 1.807) is 12.1 Å². The molecule has 0 aliphatic carbocycles. The van der Waals surface area contributed by atoms with Gasteiger partial charge in [-0.2, -0.15) is 0 Å². The molecule has 30 heavy (non-hydrogen) atoms. The van der Waals surface area contributed by atoms with Gasteiger partial charge < -0.3 is 0 Å². The van der Waals surface area contributed by atoms with E-state index in [9.17, 15) is 18.5 Å². The highest BCUT2D eigenvalue weighted by Gasteiger charge is 2.25. The van der Waals surface area contributed by atoms with E-state index in [1.807, 2.05) is 6.92 Å². The molecule has 0 aliphatic rings. The number of fused-ring (bicyclic) bond motifs is 1. The molecule has 11 heteroatoms. The van der Waals surface area contributed by atoms with Crippen LogP contribution in [0.15, 0.2) is 59.8 Å². The summed E-state index contributed by atoms with van der Waals surface area (Å²) in [6.45, 7) is 1.84. The molecule has 2 aromatic heterocycles. The zero-order valence-corrected chi connectivity index (χ0v) is 17.6. The Kier molecular flexibility index (Phi) is 4.97. The zero-order chi connectivity index (χ0) is 21.6. The van der Waals surface area contributed by atoms with Crippen molar-refractivity contribution in [1.29, 1.82) is 0 Å². The summed E-state index contributed by atoms with van der Waals surface area (Å²) in [6, 6.07) is 10.2. The molecule has 0 bridgehead atoms. The van der Waals surface area contributed by atoms with Crippen LogP contribution in [-0.2, 0) is 10.0 Å². The third kappa shape index (κ3) is 3.41. The van der Waals surface area contributed by atoms with Gasteiger partial charge >= 0.3 is 0 Å². The van der Waals surface area contributed by atoms with Crippen LogP contribution in [-0.4, -0.2) is 27.3 Å². The second-order valence-electron chi connectivity index (χ2n) is 6.45. The molecule has 152 valence electrons. The van der Waals surface area contributed by atoms with E-state index >= 15 is 0 Å². The van der Waals surface area contributed by atoms with Gasteiger partial charge in [-0.25, -0.2) is 22.4 Å². The van der Waals surface area contributed by atoms with Crippen LogP contribution in [0.1, 0.15) is 5.56 Å². The van der Waals surface area contributed by atoms with Crippen LogP contribution in [0.25, 0.3) is 22.2 Å². The number of aryl methyl sites for hydroxylation is 1. The number of rotatable bonds is 4. The van der Waals surface area contributed by atoms with Gasteiger partial charge in [-0.05, 0) is 36.7 Å². The summed E-state index contributed by atoms with van der Waals surface area (Å²) in [5.74, 6) is 0. The van der Waals surface area contributed by atoms with Crippen molar-refractivity contribution in [2.24, 2.45) is 0 Å². The van der Waals surface area contributed by atoms with E-state index < -0.39 is 14.9 Å². The highest BCUT2D eigenvalue weighted by atomic mass is 35.5. The first-order valence-electron chi connectivity index (χ1n) is 8.48. The second kappa shape index (κ2) is 7.35. The Hall–Kier alpha value is -3.01. The second-order valence-corrected chi connectivity index (χ2v) is 9.01. The van der Waals surface area contributed by atoms with Crippen LogP contribution < -0.4 is 0 Å². The largest absolute Gasteiger partial charge is 0.271 e. The molecule has 4 aromatic rings. The van der Waals surface area contributed by atoms with Crippen molar-refractivity contribution in [2.45, 2.75) is 11.8 Å². The molecule has 2 heterocycles. The number of halogens is 2. The van der Waals surface area contributed by atoms with E-state index in [1.165, 1.54) is 42.7 Å². The van der Waals surface area contributed by atoms with Gasteiger partial charge in [0.1, 0.15) is 0 Å². The summed E-state index contributed by atoms with van der Waals surface area (Å²) in [7, 11) is -4.06. The molecule has 0 aliphatic heterocycles. The van der Waals surface area contributed by atoms with Gasteiger partial charge in [-0.3, -0.25) is 10.1 Å². The number of nitro groups is 1. The number of nitrogens with zero attached hydrogens (tertiary/aromatic N) is 4. The first-order valence-corrected chi connectivity index (χ1v) is 10.7. The smallest absolute Gasteiger partial charge is 0.258 e. The molecule has 0 atom stereocenters. The normalized spacial score (nSPS) is 11.7. The van der Waals surface area contributed by atoms with E-state index in [2.05, 4.69) is 9.97 Å². The van der Waals surface area contributed by atoms with Gasteiger partial charge in [0.15, 0.2) is 0 Å². The Morgan fingerprint density at radius 3 is 2.47 bits per heavy atom. The molecule has 0 spiro atoms. The van der Waals surface area contributed by atoms with Crippen molar-refractivity contribution in [1.82, 2.24) is 13.9 Å². The van der Waals surface area contributed by atoms with Crippen molar-refractivity contribution in [2.75, 3.05) is 0 Å². The number of hydrogen-bond acceptors (Lipinski definition) is 6. The van der Waals surface area contributed by atoms with E-state index in [0.717, 1.165) is 9.54 Å². The minimum atomic E-state index is -4.06. The number of aromatic nitrogens is 3. The van der Waals surface area contributed by atoms with Gasteiger partial charge in [-0.15, -0.1) is 0 Å². The van der Waals surface area contributed by atoms with Crippen LogP contribution >= 0.6 is 23.2 Å². The molecule has 0 radical (unpaired) electrons. The lowest BCUT2D eigenvalue weighted by Crippen LogP contribution is -2.11. The summed E-state index contributed by atoms with van der Waals surface area (Å²) >= 11 is 12.1. The average Bonchev–Trinajstić information content (AvgIpc) is 3.09. The summed E-state index contributed by atoms with van der Waals surface area (Å²) in [5, 5.41) is 11.8. The third-order valence-corrected chi connectivity index (χ3v) is 6.66. The molecule has 0 N–H and O–H groups in total. The Bertz CT molecular complexity index is 1420. The fraction of sp³-hybridized carbons (Fsp3) is 0.0526. The number of hydrogen-bond donors (Lipinski definition) is 0. The maximum Gasteiger partial charge on any atom is 0.271 e. The highest BCUT2D eigenvalue weighted by Crippen LogP contribution is 2.37. The lowest BCUT2D eigenvalue weighted by Gasteiger charge is -2.08. The number of nitro benzene ring substituents is 1. The van der Waals surface area contributed by atoms with Gasteiger partial charge in [-0.1, -0.05) is 29.3 Å². The molecular weight excluding hydrogens is 451 g/mol. The number of benzene rings is 2. The maximum atomic E-state index is 13.3.